The predicted molar refractivity (Wildman–Crippen MR) is 48.1 cm³/mol. The van der Waals surface area contributed by atoms with Gasteiger partial charge in [-0.15, -0.1) is 0 Å². The number of fused-ring (bicyclic) bond motifs is 1. The Bertz CT molecular complexity index is 266. The van der Waals surface area contributed by atoms with Gasteiger partial charge < -0.3 is 10.1 Å². The first kappa shape index (κ1) is 7.40. The first-order chi connectivity index (χ1) is 5.90. The first-order valence-electron chi connectivity index (χ1n) is 4.11. The molecule has 1 unspecified atom stereocenters. The number of allylic oxidation sites excluding steroid dienone is 1. The molecule has 0 radical (unpaired) electrons. The number of aliphatic imine (C=N–C) groups is 1. The van der Waals surface area contributed by atoms with Crippen molar-refractivity contribution in [2.45, 2.75) is 12.5 Å². The molecular weight excluding hydrogens is 152 g/mol. The number of hydrogen-bond donors (Lipinski definition) is 1. The highest BCUT2D eigenvalue weighted by molar-refractivity contribution is 5.63. The normalized spacial score (nSPS) is 26.6. The van der Waals surface area contributed by atoms with Gasteiger partial charge >= 0.3 is 0 Å². The minimum atomic E-state index is 0.303. The highest BCUT2D eigenvalue weighted by atomic mass is 16.5. The molecule has 2 rings (SSSR count). The fraction of sp³-hybridized carbons (Fsp3) is 0.444. The van der Waals surface area contributed by atoms with Gasteiger partial charge in [0.25, 0.3) is 0 Å². The summed E-state index contributed by atoms with van der Waals surface area (Å²) in [6.45, 7) is 0.833. The second-order valence-electron chi connectivity index (χ2n) is 2.87. The van der Waals surface area contributed by atoms with Crippen molar-refractivity contribution in [3.63, 3.8) is 0 Å². The van der Waals surface area contributed by atoms with E-state index in [9.17, 15) is 0 Å². The maximum Gasteiger partial charge on any atom is 0.116 e. The molecule has 12 heavy (non-hydrogen) atoms. The molecule has 3 heteroatoms. The van der Waals surface area contributed by atoms with Crippen molar-refractivity contribution >= 4 is 6.21 Å². The van der Waals surface area contributed by atoms with E-state index < -0.39 is 0 Å². The van der Waals surface area contributed by atoms with Crippen molar-refractivity contribution < 1.29 is 4.74 Å². The Hall–Kier alpha value is -1.25. The van der Waals surface area contributed by atoms with Crippen molar-refractivity contribution in [2.75, 3.05) is 13.7 Å². The van der Waals surface area contributed by atoms with E-state index in [0.717, 1.165) is 18.7 Å². The van der Waals surface area contributed by atoms with E-state index in [1.54, 1.807) is 7.11 Å². The summed E-state index contributed by atoms with van der Waals surface area (Å²) in [6, 6.07) is 0.303. The molecule has 0 spiro atoms. The molecule has 0 fully saturated rings. The summed E-state index contributed by atoms with van der Waals surface area (Å²) in [5, 5.41) is 3.28. The van der Waals surface area contributed by atoms with Crippen molar-refractivity contribution in [1.82, 2.24) is 5.32 Å². The first-order valence-corrected chi connectivity index (χ1v) is 4.11. The minimum absolute atomic E-state index is 0.303. The minimum Gasteiger partial charge on any atom is -0.497 e. The Kier molecular flexibility index (Phi) is 1.86. The topological polar surface area (TPSA) is 33.6 Å². The molecule has 0 saturated carbocycles. The smallest absolute Gasteiger partial charge is 0.116 e. The molecule has 1 heterocycles. The molecule has 0 amide bonds. The Morgan fingerprint density at radius 1 is 1.67 bits per heavy atom. The third kappa shape index (κ3) is 1.22. The second-order valence-corrected chi connectivity index (χ2v) is 2.87. The molecule has 3 nitrogen and oxygen atoms in total. The highest BCUT2D eigenvalue weighted by Gasteiger charge is 2.18. The van der Waals surface area contributed by atoms with E-state index in [1.807, 2.05) is 12.3 Å². The molecule has 0 aromatic rings. The van der Waals surface area contributed by atoms with Crippen LogP contribution in [0.1, 0.15) is 6.42 Å². The van der Waals surface area contributed by atoms with E-state index in [4.69, 9.17) is 4.74 Å². The molecule has 2 aliphatic rings. The van der Waals surface area contributed by atoms with Crippen LogP contribution in [0.4, 0.5) is 0 Å². The van der Waals surface area contributed by atoms with Crippen LogP contribution in [0.3, 0.4) is 0 Å². The monoisotopic (exact) mass is 164 g/mol. The largest absolute Gasteiger partial charge is 0.497 e. The zero-order valence-electron chi connectivity index (χ0n) is 7.08. The number of rotatable bonds is 1. The number of hydrogen-bond acceptors (Lipinski definition) is 3. The molecule has 0 aromatic heterocycles. The van der Waals surface area contributed by atoms with Gasteiger partial charge in [-0.3, -0.25) is 4.99 Å². The Morgan fingerprint density at radius 2 is 2.58 bits per heavy atom. The lowest BCUT2D eigenvalue weighted by Crippen LogP contribution is -2.31. The van der Waals surface area contributed by atoms with Crippen LogP contribution in [0.5, 0.6) is 0 Å². The lowest BCUT2D eigenvalue weighted by molar-refractivity contribution is 0.301. The van der Waals surface area contributed by atoms with Gasteiger partial charge in [0.15, 0.2) is 0 Å². The van der Waals surface area contributed by atoms with E-state index >= 15 is 0 Å². The maximum absolute atomic E-state index is 5.13. The highest BCUT2D eigenvalue weighted by Crippen LogP contribution is 2.20. The molecule has 1 aliphatic carbocycles. The van der Waals surface area contributed by atoms with Gasteiger partial charge in [0, 0.05) is 24.5 Å². The molecular formula is C9H12N2O. The summed E-state index contributed by atoms with van der Waals surface area (Å²) >= 11 is 0. The van der Waals surface area contributed by atoms with Gasteiger partial charge in [-0.1, -0.05) is 0 Å². The Balaban J connectivity index is 2.20. The Morgan fingerprint density at radius 3 is 3.42 bits per heavy atom. The standard InChI is InChI=1S/C9H12N2O/c1-12-7-2-3-8-9(6-7)11-5-4-10-8/h2,4,6,8,11H,3,5H2,1H3. The fourth-order valence-corrected chi connectivity index (χ4v) is 1.46. The summed E-state index contributed by atoms with van der Waals surface area (Å²) in [5.74, 6) is 0.936. The van der Waals surface area contributed by atoms with Crippen LogP contribution in [0.15, 0.2) is 28.6 Å². The van der Waals surface area contributed by atoms with Crippen molar-refractivity contribution in [1.29, 1.82) is 0 Å². The summed E-state index contributed by atoms with van der Waals surface area (Å²) in [6.07, 6.45) is 6.95. The third-order valence-electron chi connectivity index (χ3n) is 2.12. The van der Waals surface area contributed by atoms with Crippen LogP contribution >= 0.6 is 0 Å². The number of nitrogens with zero attached hydrogens (tertiary/aromatic N) is 1. The quantitative estimate of drug-likeness (QED) is 0.623. The SMILES string of the molecule is COC1=CCC2N=CCNC2=C1. The molecule has 64 valence electrons. The molecule has 1 N–H and O–H groups in total. The summed E-state index contributed by atoms with van der Waals surface area (Å²) in [4.78, 5) is 4.36. The number of nitrogens with one attached hydrogen (secondary N) is 1. The van der Waals surface area contributed by atoms with Crippen LogP contribution in [0.25, 0.3) is 0 Å². The zero-order valence-corrected chi connectivity index (χ0v) is 7.08. The van der Waals surface area contributed by atoms with Crippen LogP contribution in [0, 0.1) is 0 Å². The average Bonchev–Trinajstić information content (AvgIpc) is 2.17. The second kappa shape index (κ2) is 3.01. The van der Waals surface area contributed by atoms with Crippen molar-refractivity contribution in [3.05, 3.63) is 23.6 Å². The van der Waals surface area contributed by atoms with E-state index in [1.165, 1.54) is 5.70 Å². The fourth-order valence-electron chi connectivity index (χ4n) is 1.46. The summed E-state index contributed by atoms with van der Waals surface area (Å²) < 4.78 is 5.13. The van der Waals surface area contributed by atoms with Crippen LogP contribution in [-0.2, 0) is 4.74 Å². The maximum atomic E-state index is 5.13. The van der Waals surface area contributed by atoms with Crippen molar-refractivity contribution in [3.8, 4) is 0 Å². The average molecular weight is 164 g/mol. The van der Waals surface area contributed by atoms with Gasteiger partial charge in [0.1, 0.15) is 5.76 Å². The van der Waals surface area contributed by atoms with Crippen LogP contribution < -0.4 is 5.32 Å². The van der Waals surface area contributed by atoms with Crippen LogP contribution in [0.2, 0.25) is 0 Å². The van der Waals surface area contributed by atoms with Crippen LogP contribution in [-0.4, -0.2) is 25.9 Å². The van der Waals surface area contributed by atoms with E-state index in [-0.39, 0.29) is 0 Å². The van der Waals surface area contributed by atoms with Gasteiger partial charge in [-0.25, -0.2) is 0 Å². The predicted octanol–water partition coefficient (Wildman–Crippen LogP) is 0.847. The van der Waals surface area contributed by atoms with Gasteiger partial charge in [0.05, 0.1) is 13.2 Å². The van der Waals surface area contributed by atoms with E-state index in [0.29, 0.717) is 6.04 Å². The van der Waals surface area contributed by atoms with Crippen molar-refractivity contribution in [2.24, 2.45) is 4.99 Å². The van der Waals surface area contributed by atoms with Gasteiger partial charge in [0.2, 0.25) is 0 Å². The Labute approximate surface area is 71.8 Å². The lowest BCUT2D eigenvalue weighted by Gasteiger charge is -2.24. The lowest BCUT2D eigenvalue weighted by atomic mass is 10.0. The zero-order chi connectivity index (χ0) is 8.39. The third-order valence-corrected chi connectivity index (χ3v) is 2.12. The molecule has 0 bridgehead atoms. The number of ether oxygens (including phenoxy) is 1. The molecule has 0 aromatic carbocycles. The summed E-state index contributed by atoms with van der Waals surface area (Å²) in [7, 11) is 1.69. The van der Waals surface area contributed by atoms with Gasteiger partial charge in [-0.2, -0.15) is 0 Å². The van der Waals surface area contributed by atoms with E-state index in [2.05, 4.69) is 16.4 Å². The molecule has 1 aliphatic heterocycles. The molecule has 0 saturated heterocycles. The van der Waals surface area contributed by atoms with Gasteiger partial charge in [-0.05, 0) is 12.5 Å². The molecule has 1 atom stereocenters. The number of methoxy groups -OCH3 is 1. The summed E-state index contributed by atoms with van der Waals surface area (Å²) in [5.41, 5.74) is 1.18.